The molecule has 0 radical (unpaired) electrons. The van der Waals surface area contributed by atoms with E-state index in [1.165, 1.54) is 24.2 Å². The molecule has 0 amide bonds. The molecule has 7 nitrogen and oxygen atoms in total. The summed E-state index contributed by atoms with van der Waals surface area (Å²) in [6.45, 7) is 1.27. The fourth-order valence-electron chi connectivity index (χ4n) is 3.73. The molecule has 0 N–H and O–H groups in total. The van der Waals surface area contributed by atoms with Gasteiger partial charge in [0.2, 0.25) is 5.78 Å². The third kappa shape index (κ3) is 3.18. The highest BCUT2D eigenvalue weighted by Gasteiger charge is 2.20. The number of rotatable bonds is 5. The van der Waals surface area contributed by atoms with Crippen molar-refractivity contribution in [1.29, 1.82) is 0 Å². The molecule has 0 fully saturated rings. The van der Waals surface area contributed by atoms with Gasteiger partial charge in [0, 0.05) is 12.4 Å². The lowest BCUT2D eigenvalue weighted by atomic mass is 10.1. The van der Waals surface area contributed by atoms with Gasteiger partial charge in [-0.3, -0.25) is 13.8 Å². The van der Waals surface area contributed by atoms with Crippen LogP contribution in [0.25, 0.3) is 22.4 Å². The van der Waals surface area contributed by atoms with Crippen molar-refractivity contribution >= 4 is 28.4 Å². The minimum absolute atomic E-state index is 0.176. The van der Waals surface area contributed by atoms with Crippen LogP contribution in [0, 0.1) is 13.8 Å². The molecule has 0 aliphatic carbocycles. The summed E-state index contributed by atoms with van der Waals surface area (Å²) in [5.74, 6) is 0.769. The van der Waals surface area contributed by atoms with Crippen LogP contribution in [-0.2, 0) is 5.75 Å². The van der Waals surface area contributed by atoms with Crippen LogP contribution in [-0.4, -0.2) is 28.7 Å². The van der Waals surface area contributed by atoms with E-state index in [1.807, 2.05) is 44.2 Å². The van der Waals surface area contributed by atoms with Gasteiger partial charge < -0.3 is 0 Å². The maximum absolute atomic E-state index is 13.5. The third-order valence-electron chi connectivity index (χ3n) is 5.50. The summed E-state index contributed by atoms with van der Waals surface area (Å²) in [7, 11) is 0. The minimum atomic E-state index is -2.67. The smallest absolute Gasteiger partial charge is 0.277 e. The van der Waals surface area contributed by atoms with Crippen molar-refractivity contribution in [3.8, 4) is 5.69 Å². The van der Waals surface area contributed by atoms with E-state index in [-0.39, 0.29) is 17.1 Å². The van der Waals surface area contributed by atoms with Crippen molar-refractivity contribution in [3.05, 3.63) is 82.2 Å². The number of para-hydroxylation sites is 1. The Kier molecular flexibility index (Phi) is 5.01. The maximum atomic E-state index is 13.5. The van der Waals surface area contributed by atoms with Crippen LogP contribution in [0.2, 0.25) is 0 Å². The molecule has 3 heterocycles. The van der Waals surface area contributed by atoms with Crippen molar-refractivity contribution in [3.63, 3.8) is 0 Å². The molecule has 2 aromatic carbocycles. The summed E-state index contributed by atoms with van der Waals surface area (Å²) in [4.78, 5) is 17.5. The second kappa shape index (κ2) is 7.86. The first-order valence-electron chi connectivity index (χ1n) is 9.85. The maximum Gasteiger partial charge on any atom is 0.319 e. The lowest BCUT2D eigenvalue weighted by Crippen LogP contribution is -2.22. The Balaban J connectivity index is 1.72. The molecule has 162 valence electrons. The number of nitrogens with zero attached hydrogens (tertiary/aromatic N) is 6. The zero-order chi connectivity index (χ0) is 22.4. The molecule has 0 aliphatic heterocycles. The molecule has 0 unspecified atom stereocenters. The van der Waals surface area contributed by atoms with Crippen LogP contribution in [0.1, 0.15) is 23.5 Å². The molecule has 5 aromatic rings. The predicted octanol–water partition coefficient (Wildman–Crippen LogP) is 4.53. The van der Waals surface area contributed by atoms with Crippen LogP contribution in [0.15, 0.2) is 64.8 Å². The number of hydrogen-bond donors (Lipinski definition) is 0. The van der Waals surface area contributed by atoms with Crippen molar-refractivity contribution in [1.82, 2.24) is 28.7 Å². The van der Waals surface area contributed by atoms with E-state index in [2.05, 4.69) is 15.2 Å². The normalized spacial score (nSPS) is 11.8. The quantitative estimate of drug-likeness (QED) is 0.367. The lowest BCUT2D eigenvalue weighted by molar-refractivity contribution is 0.0678. The minimum Gasteiger partial charge on any atom is -0.277 e. The average Bonchev–Trinajstić information content (AvgIpc) is 3.42. The van der Waals surface area contributed by atoms with Gasteiger partial charge in [0.1, 0.15) is 5.82 Å². The largest absolute Gasteiger partial charge is 0.319 e. The van der Waals surface area contributed by atoms with E-state index in [0.717, 1.165) is 21.4 Å². The van der Waals surface area contributed by atoms with Gasteiger partial charge in [-0.05, 0) is 43.2 Å². The lowest BCUT2D eigenvalue weighted by Gasteiger charge is -2.14. The predicted molar refractivity (Wildman–Crippen MR) is 119 cm³/mol. The highest BCUT2D eigenvalue weighted by molar-refractivity contribution is 7.98. The van der Waals surface area contributed by atoms with Gasteiger partial charge in [-0.1, -0.05) is 36.0 Å². The molecule has 10 heteroatoms. The molecule has 0 spiro atoms. The van der Waals surface area contributed by atoms with Crippen molar-refractivity contribution in [2.75, 3.05) is 0 Å². The standard InChI is InChI=1S/C22H18F2N6OS/c1-13-6-5-9-16(14(13)2)29-19(31)15-7-3-4-8-17(15)30-21(29)26-27-22(30)32-12-18-25-10-11-28(18)20(23)24/h3-11,20H,12H2,1-2H3. The summed E-state index contributed by atoms with van der Waals surface area (Å²) in [5.41, 5.74) is 3.19. The summed E-state index contributed by atoms with van der Waals surface area (Å²) in [5, 5.41) is 9.60. The van der Waals surface area contributed by atoms with Crippen LogP contribution >= 0.6 is 11.8 Å². The first kappa shape index (κ1) is 20.4. The Morgan fingerprint density at radius 1 is 1.06 bits per heavy atom. The molecule has 0 saturated carbocycles. The second-order valence-electron chi connectivity index (χ2n) is 7.31. The van der Waals surface area contributed by atoms with Crippen LogP contribution < -0.4 is 5.56 Å². The number of halogens is 2. The third-order valence-corrected chi connectivity index (χ3v) is 6.43. The topological polar surface area (TPSA) is 70.0 Å². The Bertz CT molecular complexity index is 1520. The van der Waals surface area contributed by atoms with Crippen LogP contribution in [0.4, 0.5) is 8.78 Å². The summed E-state index contributed by atoms with van der Waals surface area (Å²) >= 11 is 1.24. The zero-order valence-electron chi connectivity index (χ0n) is 17.2. The van der Waals surface area contributed by atoms with Gasteiger partial charge >= 0.3 is 6.55 Å². The van der Waals surface area contributed by atoms with Gasteiger partial charge in [0.25, 0.3) is 5.56 Å². The van der Waals surface area contributed by atoms with E-state index < -0.39 is 6.55 Å². The fraction of sp³-hybridized carbons (Fsp3) is 0.182. The molecule has 3 aromatic heterocycles. The van der Waals surface area contributed by atoms with Gasteiger partial charge in [-0.25, -0.2) is 9.55 Å². The number of hydrogen-bond acceptors (Lipinski definition) is 5. The first-order chi connectivity index (χ1) is 15.5. The molecule has 0 bridgehead atoms. The number of imidazole rings is 1. The van der Waals surface area contributed by atoms with Crippen molar-refractivity contribution in [2.24, 2.45) is 0 Å². The summed E-state index contributed by atoms with van der Waals surface area (Å²) in [6, 6.07) is 13.0. The number of fused-ring (bicyclic) bond motifs is 3. The number of thioether (sulfide) groups is 1. The summed E-state index contributed by atoms with van der Waals surface area (Å²) < 4.78 is 30.5. The number of aryl methyl sites for hydroxylation is 1. The number of benzene rings is 2. The molecule has 32 heavy (non-hydrogen) atoms. The fourth-order valence-corrected chi connectivity index (χ4v) is 4.62. The van der Waals surface area contributed by atoms with E-state index in [0.29, 0.717) is 21.8 Å². The molecular weight excluding hydrogens is 434 g/mol. The first-order valence-corrected chi connectivity index (χ1v) is 10.8. The molecule has 0 atom stereocenters. The zero-order valence-corrected chi connectivity index (χ0v) is 18.1. The van der Waals surface area contributed by atoms with Gasteiger partial charge in [-0.15, -0.1) is 10.2 Å². The monoisotopic (exact) mass is 452 g/mol. The highest BCUT2D eigenvalue weighted by Crippen LogP contribution is 2.27. The Hall–Kier alpha value is -3.53. The number of alkyl halides is 2. The average molecular weight is 452 g/mol. The van der Waals surface area contributed by atoms with Crippen LogP contribution in [0.3, 0.4) is 0 Å². The van der Waals surface area contributed by atoms with Gasteiger partial charge in [0.05, 0.1) is 22.3 Å². The van der Waals surface area contributed by atoms with Gasteiger partial charge in [-0.2, -0.15) is 8.78 Å². The van der Waals surface area contributed by atoms with Crippen molar-refractivity contribution < 1.29 is 8.78 Å². The SMILES string of the molecule is Cc1cccc(-n2c(=O)c3ccccc3n3c(SCc4nccn4C(F)F)nnc23)c1C. The van der Waals surface area contributed by atoms with Crippen LogP contribution in [0.5, 0.6) is 0 Å². The molecule has 5 rings (SSSR count). The number of aromatic nitrogens is 6. The summed E-state index contributed by atoms with van der Waals surface area (Å²) in [6.07, 6.45) is 2.59. The Morgan fingerprint density at radius 2 is 1.88 bits per heavy atom. The molecule has 0 saturated heterocycles. The van der Waals surface area contributed by atoms with E-state index >= 15 is 0 Å². The molecular formula is C22H18F2N6OS. The van der Waals surface area contributed by atoms with Crippen molar-refractivity contribution in [2.45, 2.75) is 31.3 Å². The molecule has 0 aliphatic rings. The Labute approximate surface area is 185 Å². The Morgan fingerprint density at radius 3 is 2.69 bits per heavy atom. The second-order valence-corrected chi connectivity index (χ2v) is 8.25. The van der Waals surface area contributed by atoms with Gasteiger partial charge in [0.15, 0.2) is 5.16 Å². The highest BCUT2D eigenvalue weighted by atomic mass is 32.2. The van der Waals surface area contributed by atoms with E-state index in [1.54, 1.807) is 21.1 Å². The van der Waals surface area contributed by atoms with E-state index in [4.69, 9.17) is 0 Å². The van der Waals surface area contributed by atoms with E-state index in [9.17, 15) is 13.6 Å².